The van der Waals surface area contributed by atoms with Crippen molar-refractivity contribution < 1.29 is 18.7 Å². The molecule has 2 heterocycles. The number of aliphatic imine (C=N–C) groups is 1. The summed E-state index contributed by atoms with van der Waals surface area (Å²) in [5, 5.41) is 15.6. The molecule has 0 unspecified atom stereocenters. The number of halogens is 1. The van der Waals surface area contributed by atoms with Crippen molar-refractivity contribution in [1.82, 2.24) is 5.01 Å². The molecule has 170 valence electrons. The van der Waals surface area contributed by atoms with E-state index >= 15 is 0 Å². The minimum atomic E-state index is -0.487. The smallest absolute Gasteiger partial charge is 0.283 e. The van der Waals surface area contributed by atoms with E-state index in [-0.39, 0.29) is 23.8 Å². The van der Waals surface area contributed by atoms with Gasteiger partial charge in [-0.15, -0.1) is 0 Å². The van der Waals surface area contributed by atoms with Crippen LogP contribution in [-0.4, -0.2) is 34.1 Å². The third kappa shape index (κ3) is 4.98. The normalized spacial score (nSPS) is 16.8. The zero-order valence-electron chi connectivity index (χ0n) is 18.5. The highest BCUT2D eigenvalue weighted by molar-refractivity contribution is 8.26. The van der Waals surface area contributed by atoms with Crippen molar-refractivity contribution in [3.8, 4) is 11.5 Å². The first-order valence-corrected chi connectivity index (χ1v) is 11.2. The van der Waals surface area contributed by atoms with Crippen LogP contribution in [0, 0.1) is 17.1 Å². The number of benzene rings is 2. The molecule has 2 aromatic rings. The summed E-state index contributed by atoms with van der Waals surface area (Å²) >= 11 is 1.33. The van der Waals surface area contributed by atoms with Crippen molar-refractivity contribution in [3.63, 3.8) is 0 Å². The molecule has 1 N–H and O–H groups in total. The molecule has 7 nitrogen and oxygen atoms in total. The van der Waals surface area contributed by atoms with Gasteiger partial charge in [-0.3, -0.25) is 10.2 Å². The van der Waals surface area contributed by atoms with Crippen molar-refractivity contribution in [1.29, 1.82) is 5.41 Å². The van der Waals surface area contributed by atoms with Crippen LogP contribution in [-0.2, 0) is 11.4 Å². The van der Waals surface area contributed by atoms with Crippen molar-refractivity contribution in [2.24, 2.45) is 16.0 Å². The van der Waals surface area contributed by atoms with Gasteiger partial charge in [-0.1, -0.05) is 38.1 Å². The quantitative estimate of drug-likeness (QED) is 0.575. The van der Waals surface area contributed by atoms with Gasteiger partial charge in [-0.25, -0.2) is 4.39 Å². The first-order chi connectivity index (χ1) is 15.9. The van der Waals surface area contributed by atoms with E-state index < -0.39 is 5.91 Å². The fourth-order valence-corrected chi connectivity index (χ4v) is 4.39. The second-order valence-electron chi connectivity index (χ2n) is 7.90. The van der Waals surface area contributed by atoms with Gasteiger partial charge in [0, 0.05) is 12.0 Å². The molecule has 4 rings (SSSR count). The molecular weight excluding hydrogens is 443 g/mol. The van der Waals surface area contributed by atoms with Crippen LogP contribution < -0.4 is 9.47 Å². The molecule has 2 aromatic carbocycles. The number of amidine groups is 2. The number of hydrazone groups is 1. The van der Waals surface area contributed by atoms with E-state index in [1.165, 1.54) is 29.9 Å². The Hall–Kier alpha value is -3.46. The molecule has 1 amide bonds. The number of methoxy groups -OCH3 is 1. The fraction of sp³-hybridized carbons (Fsp3) is 0.250. The number of ether oxygens (including phenoxy) is 2. The lowest BCUT2D eigenvalue weighted by atomic mass is 10.1. The number of thioether (sulfide) groups is 1. The molecule has 33 heavy (non-hydrogen) atoms. The Balaban J connectivity index is 1.55. The number of carbonyl (C=O) groups is 1. The summed E-state index contributed by atoms with van der Waals surface area (Å²) < 4.78 is 25.0. The lowest BCUT2D eigenvalue weighted by Gasteiger charge is -2.20. The molecule has 0 aliphatic carbocycles. The highest BCUT2D eigenvalue weighted by Gasteiger charge is 2.35. The fourth-order valence-electron chi connectivity index (χ4n) is 3.29. The Kier molecular flexibility index (Phi) is 6.60. The first-order valence-electron chi connectivity index (χ1n) is 10.4. The van der Waals surface area contributed by atoms with Crippen LogP contribution in [0.5, 0.6) is 11.5 Å². The Morgan fingerprint density at radius 1 is 1.21 bits per heavy atom. The van der Waals surface area contributed by atoms with Gasteiger partial charge in [0.25, 0.3) is 5.91 Å². The number of carbonyl (C=O) groups excluding carboxylic acids is 1. The second kappa shape index (κ2) is 9.58. The van der Waals surface area contributed by atoms with Gasteiger partial charge in [0.05, 0.1) is 12.7 Å². The highest BCUT2D eigenvalue weighted by Crippen LogP contribution is 2.33. The summed E-state index contributed by atoms with van der Waals surface area (Å²) in [6, 6.07) is 11.5. The van der Waals surface area contributed by atoms with Crippen molar-refractivity contribution in [3.05, 3.63) is 65.0 Å². The molecular formula is C24H23FN4O3S. The Labute approximate surface area is 195 Å². The number of hydrogen-bond acceptors (Lipinski definition) is 6. The summed E-state index contributed by atoms with van der Waals surface area (Å²) in [4.78, 5) is 16.7. The molecule has 0 radical (unpaired) electrons. The molecule has 0 aromatic heterocycles. The number of nitrogens with one attached hydrogen (secondary N) is 1. The molecule has 0 fully saturated rings. The molecule has 0 bridgehead atoms. The standard InChI is InChI=1S/C24H23FN4O3S/c1-14(2)10-21-28-29-22(26)17(23(30)27-24(29)33-21)11-15-8-9-19(20(12-15)31-3)32-13-16-6-4-5-7-18(16)25/h4-9,11-12,14,26H,10,13H2,1-3H3/b17-11-,26-22?. The molecule has 2 aliphatic rings. The maximum Gasteiger partial charge on any atom is 0.283 e. The van der Waals surface area contributed by atoms with E-state index in [2.05, 4.69) is 23.9 Å². The molecule has 0 saturated carbocycles. The van der Waals surface area contributed by atoms with Crippen molar-refractivity contribution >= 4 is 39.8 Å². The van der Waals surface area contributed by atoms with E-state index in [4.69, 9.17) is 14.9 Å². The highest BCUT2D eigenvalue weighted by atomic mass is 32.2. The van der Waals surface area contributed by atoms with Gasteiger partial charge in [0.1, 0.15) is 17.5 Å². The van der Waals surface area contributed by atoms with Crippen LogP contribution in [0.4, 0.5) is 4.39 Å². The predicted octanol–water partition coefficient (Wildman–Crippen LogP) is 5.08. The number of hydrogen-bond donors (Lipinski definition) is 1. The number of rotatable bonds is 7. The van der Waals surface area contributed by atoms with Crippen molar-refractivity contribution in [2.45, 2.75) is 26.9 Å². The maximum absolute atomic E-state index is 13.9. The Morgan fingerprint density at radius 3 is 2.73 bits per heavy atom. The zero-order valence-corrected chi connectivity index (χ0v) is 19.3. The van der Waals surface area contributed by atoms with Crippen LogP contribution in [0.15, 0.2) is 58.1 Å². The van der Waals surface area contributed by atoms with Gasteiger partial charge in [0.15, 0.2) is 17.3 Å². The zero-order chi connectivity index (χ0) is 23.5. The average molecular weight is 467 g/mol. The summed E-state index contributed by atoms with van der Waals surface area (Å²) in [7, 11) is 1.50. The Bertz CT molecular complexity index is 1210. The number of amides is 1. The third-order valence-electron chi connectivity index (χ3n) is 4.92. The molecule has 9 heteroatoms. The average Bonchev–Trinajstić information content (AvgIpc) is 3.18. The third-order valence-corrected chi connectivity index (χ3v) is 5.85. The predicted molar refractivity (Wildman–Crippen MR) is 128 cm³/mol. The number of fused-ring (bicyclic) bond motifs is 1. The Morgan fingerprint density at radius 2 is 2.00 bits per heavy atom. The van der Waals surface area contributed by atoms with Crippen LogP contribution in [0.2, 0.25) is 0 Å². The largest absolute Gasteiger partial charge is 0.493 e. The number of nitrogens with zero attached hydrogens (tertiary/aromatic N) is 3. The summed E-state index contributed by atoms with van der Waals surface area (Å²) in [5.74, 6) is 0.422. The van der Waals surface area contributed by atoms with Gasteiger partial charge in [-0.2, -0.15) is 15.1 Å². The van der Waals surface area contributed by atoms with E-state index in [0.717, 1.165) is 11.5 Å². The molecule has 2 aliphatic heterocycles. The van der Waals surface area contributed by atoms with E-state index in [1.54, 1.807) is 42.5 Å². The van der Waals surface area contributed by atoms with Crippen molar-refractivity contribution in [2.75, 3.05) is 7.11 Å². The first kappa shape index (κ1) is 22.7. The minimum Gasteiger partial charge on any atom is -0.493 e. The van der Waals surface area contributed by atoms with E-state index in [0.29, 0.717) is 33.7 Å². The summed E-state index contributed by atoms with van der Waals surface area (Å²) in [5.41, 5.74) is 1.20. The SMILES string of the molecule is COc1cc(/C=C2/C(=N)N3N=C(CC(C)C)SC3=NC2=O)ccc1OCc1ccccc1F. The van der Waals surface area contributed by atoms with E-state index in [1.807, 2.05) is 0 Å². The monoisotopic (exact) mass is 466 g/mol. The van der Waals surface area contributed by atoms with Gasteiger partial charge >= 0.3 is 0 Å². The van der Waals surface area contributed by atoms with Crippen LogP contribution in [0.1, 0.15) is 31.4 Å². The second-order valence-corrected chi connectivity index (χ2v) is 8.94. The lowest BCUT2D eigenvalue weighted by molar-refractivity contribution is -0.114. The van der Waals surface area contributed by atoms with Gasteiger partial charge in [-0.05, 0) is 47.5 Å². The van der Waals surface area contributed by atoms with Crippen LogP contribution >= 0.6 is 11.8 Å². The minimum absolute atomic E-state index is 0.0184. The van der Waals surface area contributed by atoms with E-state index in [9.17, 15) is 9.18 Å². The topological polar surface area (TPSA) is 87.3 Å². The van der Waals surface area contributed by atoms with Crippen LogP contribution in [0.25, 0.3) is 6.08 Å². The van der Waals surface area contributed by atoms with Crippen LogP contribution in [0.3, 0.4) is 0 Å². The molecule has 0 atom stereocenters. The molecule has 0 saturated heterocycles. The summed E-state index contributed by atoms with van der Waals surface area (Å²) in [6.45, 7) is 4.22. The maximum atomic E-state index is 13.9. The van der Waals surface area contributed by atoms with Gasteiger partial charge in [0.2, 0.25) is 5.17 Å². The molecule has 0 spiro atoms. The lowest BCUT2D eigenvalue weighted by Crippen LogP contribution is -2.35. The summed E-state index contributed by atoms with van der Waals surface area (Å²) in [6.07, 6.45) is 2.33. The van der Waals surface area contributed by atoms with Gasteiger partial charge < -0.3 is 9.47 Å².